The Morgan fingerprint density at radius 1 is 1.05 bits per heavy atom. The summed E-state index contributed by atoms with van der Waals surface area (Å²) in [4.78, 5) is 12.0. The van der Waals surface area contributed by atoms with Crippen LogP contribution in [0.1, 0.15) is 22.3 Å². The molecule has 0 radical (unpaired) electrons. The molecule has 22 heavy (non-hydrogen) atoms. The first-order valence-electron chi connectivity index (χ1n) is 7.05. The van der Waals surface area contributed by atoms with Gasteiger partial charge in [-0.15, -0.1) is 0 Å². The van der Waals surface area contributed by atoms with Crippen LogP contribution in [-0.4, -0.2) is 12.6 Å². The van der Waals surface area contributed by atoms with Gasteiger partial charge in [-0.1, -0.05) is 18.2 Å². The van der Waals surface area contributed by atoms with Crippen LogP contribution in [0.25, 0.3) is 0 Å². The van der Waals surface area contributed by atoms with E-state index in [1.807, 2.05) is 52.0 Å². The Labute approximate surface area is 139 Å². The Bertz CT molecular complexity index is 708. The summed E-state index contributed by atoms with van der Waals surface area (Å²) in [5.41, 5.74) is 4.28. The highest BCUT2D eigenvalue weighted by molar-refractivity contribution is 9.10. The summed E-state index contributed by atoms with van der Waals surface area (Å²) >= 11 is 3.39. The Morgan fingerprint density at radius 3 is 2.41 bits per heavy atom. The Hall–Kier alpha value is -1.81. The molecule has 0 bridgehead atoms. The predicted molar refractivity (Wildman–Crippen MR) is 90.7 cm³/mol. The third-order valence-corrected chi connectivity index (χ3v) is 4.14. The summed E-state index contributed by atoms with van der Waals surface area (Å²) < 4.78 is 11.7. The number of carbonyl (C=O) groups is 1. The van der Waals surface area contributed by atoms with Gasteiger partial charge in [0.2, 0.25) is 0 Å². The van der Waals surface area contributed by atoms with Crippen molar-refractivity contribution in [2.45, 2.75) is 27.7 Å². The molecule has 0 spiro atoms. The summed E-state index contributed by atoms with van der Waals surface area (Å²) in [7, 11) is 0. The molecule has 0 saturated carbocycles. The summed E-state index contributed by atoms with van der Waals surface area (Å²) in [6, 6.07) is 9.58. The molecule has 0 aromatic heterocycles. The Kier molecular flexibility index (Phi) is 5.24. The van der Waals surface area contributed by atoms with Crippen molar-refractivity contribution < 1.29 is 14.3 Å². The molecule has 2 aromatic rings. The van der Waals surface area contributed by atoms with Crippen LogP contribution in [0, 0.1) is 27.7 Å². The van der Waals surface area contributed by atoms with Crippen molar-refractivity contribution in [3.8, 4) is 11.5 Å². The van der Waals surface area contributed by atoms with Gasteiger partial charge in [0.15, 0.2) is 6.61 Å². The van der Waals surface area contributed by atoms with E-state index >= 15 is 0 Å². The van der Waals surface area contributed by atoms with E-state index in [1.165, 1.54) is 0 Å². The van der Waals surface area contributed by atoms with E-state index in [9.17, 15) is 4.79 Å². The van der Waals surface area contributed by atoms with Crippen LogP contribution in [-0.2, 0) is 4.79 Å². The second kappa shape index (κ2) is 6.97. The minimum atomic E-state index is -0.426. The van der Waals surface area contributed by atoms with E-state index in [2.05, 4.69) is 15.9 Å². The monoisotopic (exact) mass is 362 g/mol. The molecule has 116 valence electrons. The normalized spacial score (nSPS) is 10.4. The number of halogens is 1. The minimum Gasteiger partial charge on any atom is -0.481 e. The van der Waals surface area contributed by atoms with Crippen LogP contribution in [0.5, 0.6) is 11.5 Å². The molecular formula is C18H19BrO3. The highest BCUT2D eigenvalue weighted by Crippen LogP contribution is 2.27. The predicted octanol–water partition coefficient (Wildman–Crippen LogP) is 4.67. The molecule has 0 heterocycles. The van der Waals surface area contributed by atoms with Gasteiger partial charge in [0.05, 0.1) is 4.47 Å². The summed E-state index contributed by atoms with van der Waals surface area (Å²) in [5, 5.41) is 0. The van der Waals surface area contributed by atoms with Crippen LogP contribution in [0.3, 0.4) is 0 Å². The maximum Gasteiger partial charge on any atom is 0.349 e. The molecule has 3 nitrogen and oxygen atoms in total. The molecule has 4 heteroatoms. The van der Waals surface area contributed by atoms with Gasteiger partial charge in [-0.2, -0.15) is 0 Å². The first-order chi connectivity index (χ1) is 10.4. The average Bonchev–Trinajstić information content (AvgIpc) is 2.46. The van der Waals surface area contributed by atoms with Crippen LogP contribution in [0.15, 0.2) is 34.8 Å². The lowest BCUT2D eigenvalue weighted by molar-refractivity contribution is -0.136. The minimum absolute atomic E-state index is 0.120. The number of rotatable bonds is 4. The van der Waals surface area contributed by atoms with E-state index in [4.69, 9.17) is 9.47 Å². The first kappa shape index (κ1) is 16.6. The van der Waals surface area contributed by atoms with E-state index < -0.39 is 5.97 Å². The second-order valence-electron chi connectivity index (χ2n) is 5.35. The third-order valence-electron chi connectivity index (χ3n) is 3.52. The molecule has 0 amide bonds. The van der Waals surface area contributed by atoms with E-state index in [0.29, 0.717) is 5.75 Å². The van der Waals surface area contributed by atoms with Gasteiger partial charge in [0.25, 0.3) is 0 Å². The van der Waals surface area contributed by atoms with Crippen molar-refractivity contribution in [3.63, 3.8) is 0 Å². The van der Waals surface area contributed by atoms with Gasteiger partial charge >= 0.3 is 5.97 Å². The van der Waals surface area contributed by atoms with Gasteiger partial charge in [0, 0.05) is 0 Å². The van der Waals surface area contributed by atoms with Gasteiger partial charge in [-0.05, 0) is 78.0 Å². The second-order valence-corrected chi connectivity index (χ2v) is 6.20. The van der Waals surface area contributed by atoms with Crippen molar-refractivity contribution in [1.29, 1.82) is 0 Å². The highest BCUT2D eigenvalue weighted by Gasteiger charge is 2.12. The number of hydrogen-bond donors (Lipinski definition) is 0. The molecule has 0 unspecified atom stereocenters. The van der Waals surface area contributed by atoms with Crippen molar-refractivity contribution in [1.82, 2.24) is 0 Å². The average molecular weight is 363 g/mol. The SMILES string of the molecule is Cc1ccc(OC(=O)COc2c(C)ccc(C)c2C)c(Br)c1. The van der Waals surface area contributed by atoms with Crippen LogP contribution in [0.2, 0.25) is 0 Å². The molecular weight excluding hydrogens is 344 g/mol. The first-order valence-corrected chi connectivity index (χ1v) is 7.84. The van der Waals surface area contributed by atoms with Gasteiger partial charge in [0.1, 0.15) is 11.5 Å². The molecule has 2 rings (SSSR count). The number of hydrogen-bond acceptors (Lipinski definition) is 3. The molecule has 0 N–H and O–H groups in total. The zero-order valence-electron chi connectivity index (χ0n) is 13.2. The fourth-order valence-corrected chi connectivity index (χ4v) is 2.69. The number of aryl methyl sites for hydroxylation is 3. The van der Waals surface area contributed by atoms with Crippen LogP contribution >= 0.6 is 15.9 Å². The number of benzene rings is 2. The topological polar surface area (TPSA) is 35.5 Å². The Morgan fingerprint density at radius 2 is 1.73 bits per heavy atom. The van der Waals surface area contributed by atoms with E-state index in [0.717, 1.165) is 32.5 Å². The zero-order chi connectivity index (χ0) is 16.3. The summed E-state index contributed by atoms with van der Waals surface area (Å²) in [5.74, 6) is 0.821. The molecule has 2 aromatic carbocycles. The maximum atomic E-state index is 12.0. The quantitative estimate of drug-likeness (QED) is 0.585. The summed E-state index contributed by atoms with van der Waals surface area (Å²) in [6.45, 7) is 7.82. The van der Waals surface area contributed by atoms with E-state index in [1.54, 1.807) is 6.07 Å². The number of carbonyl (C=O) groups excluding carboxylic acids is 1. The molecule has 0 aliphatic carbocycles. The largest absolute Gasteiger partial charge is 0.481 e. The Balaban J connectivity index is 2.03. The smallest absolute Gasteiger partial charge is 0.349 e. The highest BCUT2D eigenvalue weighted by atomic mass is 79.9. The van der Waals surface area contributed by atoms with Gasteiger partial charge < -0.3 is 9.47 Å². The lowest BCUT2D eigenvalue weighted by Crippen LogP contribution is -2.18. The van der Waals surface area contributed by atoms with Crippen molar-refractivity contribution in [3.05, 3.63) is 57.1 Å². The van der Waals surface area contributed by atoms with Crippen LogP contribution < -0.4 is 9.47 Å². The van der Waals surface area contributed by atoms with Gasteiger partial charge in [-0.3, -0.25) is 0 Å². The van der Waals surface area contributed by atoms with E-state index in [-0.39, 0.29) is 6.61 Å². The molecule has 0 aliphatic heterocycles. The maximum absolute atomic E-state index is 12.0. The zero-order valence-corrected chi connectivity index (χ0v) is 14.8. The molecule has 0 aliphatic rings. The number of esters is 1. The lowest BCUT2D eigenvalue weighted by atomic mass is 10.1. The van der Waals surface area contributed by atoms with Crippen LogP contribution in [0.4, 0.5) is 0 Å². The van der Waals surface area contributed by atoms with Crippen molar-refractivity contribution >= 4 is 21.9 Å². The van der Waals surface area contributed by atoms with Gasteiger partial charge in [-0.25, -0.2) is 4.79 Å². The molecule has 0 atom stereocenters. The summed E-state index contributed by atoms with van der Waals surface area (Å²) in [6.07, 6.45) is 0. The fraction of sp³-hybridized carbons (Fsp3) is 0.278. The standard InChI is InChI=1S/C18H19BrO3/c1-11-5-8-16(15(19)9-11)22-17(20)10-21-18-13(3)7-6-12(2)14(18)4/h5-9H,10H2,1-4H3. The van der Waals surface area contributed by atoms with Crippen molar-refractivity contribution in [2.24, 2.45) is 0 Å². The lowest BCUT2D eigenvalue weighted by Gasteiger charge is -2.13. The molecule has 0 saturated heterocycles. The third kappa shape index (κ3) is 3.89. The van der Waals surface area contributed by atoms with Crippen molar-refractivity contribution in [2.75, 3.05) is 6.61 Å². The molecule has 0 fully saturated rings. The fourth-order valence-electron chi connectivity index (χ4n) is 2.12. The number of ether oxygens (including phenoxy) is 2.